The first kappa shape index (κ1) is 22.8. The van der Waals surface area contributed by atoms with Gasteiger partial charge in [-0.3, -0.25) is 14.2 Å². The van der Waals surface area contributed by atoms with Crippen LogP contribution in [0.4, 0.5) is 0 Å². The average Bonchev–Trinajstić information content (AvgIpc) is 2.96. The van der Waals surface area contributed by atoms with E-state index in [4.69, 9.17) is 9.16 Å². The predicted octanol–water partition coefficient (Wildman–Crippen LogP) is 2.68. The number of aromatic nitrogens is 2. The Balaban J connectivity index is 2.22. The molecule has 1 aromatic heterocycles. The highest BCUT2D eigenvalue weighted by Gasteiger charge is 2.46. The summed E-state index contributed by atoms with van der Waals surface area (Å²) in [5.74, 6) is -0.0555. The van der Waals surface area contributed by atoms with Crippen LogP contribution in [0.1, 0.15) is 59.6 Å². The molecule has 8 heteroatoms. The number of ketones is 1. The summed E-state index contributed by atoms with van der Waals surface area (Å²) in [7, 11) is 0.904. The third kappa shape index (κ3) is 3.95. The molecule has 28 heavy (non-hydrogen) atoms. The molecular weight excluding hydrogens is 376 g/mol. The minimum absolute atomic E-state index is 0.0555. The molecule has 0 bridgehead atoms. The maximum absolute atomic E-state index is 12.6. The molecule has 7 nitrogen and oxygen atoms in total. The highest BCUT2D eigenvalue weighted by atomic mass is 28.4. The average molecular weight is 411 g/mol. The lowest BCUT2D eigenvalue weighted by Crippen LogP contribution is -2.49. The zero-order chi connectivity index (χ0) is 21.4. The molecule has 0 unspecified atom stereocenters. The molecule has 1 saturated heterocycles. The van der Waals surface area contributed by atoms with Crippen LogP contribution in [0.3, 0.4) is 0 Å². The van der Waals surface area contributed by atoms with E-state index in [1.54, 1.807) is 7.05 Å². The largest absolute Gasteiger partial charge is 0.413 e. The summed E-state index contributed by atoms with van der Waals surface area (Å²) in [6, 6.07) is 0. The Morgan fingerprint density at radius 1 is 1.07 bits per heavy atom. The van der Waals surface area contributed by atoms with E-state index in [0.717, 1.165) is 4.57 Å². The SMILES string of the molecule is CC(C)[Si](OC[C@H]1O[C@@H](c2cn(C)c(=O)n(C)c2=O)CC1=O)(C(C)C)C(C)C. The number of carbonyl (C=O) groups is 1. The lowest BCUT2D eigenvalue weighted by atomic mass is 10.1. The lowest BCUT2D eigenvalue weighted by molar-refractivity contribution is -0.124. The van der Waals surface area contributed by atoms with Crippen molar-refractivity contribution in [1.82, 2.24) is 9.13 Å². The van der Waals surface area contributed by atoms with Crippen LogP contribution in [0.2, 0.25) is 16.6 Å². The maximum atomic E-state index is 12.6. The molecular formula is C20H34N2O5Si. The van der Waals surface area contributed by atoms with Crippen molar-refractivity contribution in [3.05, 3.63) is 32.6 Å². The zero-order valence-corrected chi connectivity index (χ0v) is 19.3. The lowest BCUT2D eigenvalue weighted by Gasteiger charge is -2.42. The Hall–Kier alpha value is -1.51. The monoisotopic (exact) mass is 410 g/mol. The molecule has 0 N–H and O–H groups in total. The molecule has 0 amide bonds. The van der Waals surface area contributed by atoms with Crippen LogP contribution in [0.15, 0.2) is 15.8 Å². The molecule has 158 valence electrons. The van der Waals surface area contributed by atoms with Crippen molar-refractivity contribution in [3.8, 4) is 0 Å². The van der Waals surface area contributed by atoms with Crippen LogP contribution >= 0.6 is 0 Å². The van der Waals surface area contributed by atoms with Gasteiger partial charge in [-0.05, 0) is 16.6 Å². The Morgan fingerprint density at radius 2 is 1.61 bits per heavy atom. The fraction of sp³-hybridized carbons (Fsp3) is 0.750. The Kier molecular flexibility index (Phi) is 6.89. The standard InChI is InChI=1S/C20H34N2O5Si/c1-12(2)28(13(3)4,14(5)6)26-11-18-16(23)9-17(27-18)15-10-21(7)20(25)22(8)19(15)24/h10,12-14,17-18H,9,11H2,1-8H3/t17-,18-/m1/s1. The van der Waals surface area contributed by atoms with Crippen LogP contribution in [-0.4, -0.2) is 35.9 Å². The van der Waals surface area contributed by atoms with Gasteiger partial charge in [0.05, 0.1) is 18.3 Å². The van der Waals surface area contributed by atoms with Crippen LogP contribution < -0.4 is 11.2 Å². The summed E-state index contributed by atoms with van der Waals surface area (Å²) in [5, 5.41) is 0. The Labute approximate surface area is 167 Å². The number of hydrogen-bond acceptors (Lipinski definition) is 5. The van der Waals surface area contributed by atoms with Crippen molar-refractivity contribution in [2.45, 2.75) is 76.8 Å². The van der Waals surface area contributed by atoms with Crippen molar-refractivity contribution in [3.63, 3.8) is 0 Å². The van der Waals surface area contributed by atoms with Gasteiger partial charge in [0.2, 0.25) is 0 Å². The van der Waals surface area contributed by atoms with E-state index in [9.17, 15) is 14.4 Å². The van der Waals surface area contributed by atoms with E-state index in [1.165, 1.54) is 17.8 Å². The van der Waals surface area contributed by atoms with Gasteiger partial charge in [0, 0.05) is 26.7 Å². The number of ether oxygens (including phenoxy) is 1. The van der Waals surface area contributed by atoms with Gasteiger partial charge in [0.15, 0.2) is 14.1 Å². The van der Waals surface area contributed by atoms with Gasteiger partial charge in [-0.1, -0.05) is 41.5 Å². The zero-order valence-electron chi connectivity index (χ0n) is 18.3. The molecule has 1 fully saturated rings. The summed E-state index contributed by atoms with van der Waals surface area (Å²) < 4.78 is 14.8. The fourth-order valence-corrected chi connectivity index (χ4v) is 10.2. The Morgan fingerprint density at radius 3 is 2.11 bits per heavy atom. The molecule has 2 heterocycles. The van der Waals surface area contributed by atoms with E-state index in [0.29, 0.717) is 22.2 Å². The Bertz CT molecular complexity index is 818. The quantitative estimate of drug-likeness (QED) is 0.646. The minimum atomic E-state index is -2.11. The predicted molar refractivity (Wildman–Crippen MR) is 111 cm³/mol. The van der Waals surface area contributed by atoms with E-state index in [-0.39, 0.29) is 18.8 Å². The normalized spacial score (nSPS) is 20.8. The van der Waals surface area contributed by atoms with Crippen LogP contribution in [-0.2, 0) is 28.1 Å². The van der Waals surface area contributed by atoms with Crippen molar-refractivity contribution in [1.29, 1.82) is 0 Å². The summed E-state index contributed by atoms with van der Waals surface area (Å²) >= 11 is 0. The van der Waals surface area contributed by atoms with Crippen molar-refractivity contribution in [2.75, 3.05) is 6.61 Å². The van der Waals surface area contributed by atoms with Gasteiger partial charge in [0.25, 0.3) is 5.56 Å². The summed E-state index contributed by atoms with van der Waals surface area (Å²) in [6.07, 6.45) is 0.289. The molecule has 0 aromatic carbocycles. The second kappa shape index (κ2) is 8.47. The van der Waals surface area contributed by atoms with E-state index in [2.05, 4.69) is 41.5 Å². The van der Waals surface area contributed by atoms with Crippen LogP contribution in [0, 0.1) is 0 Å². The molecule has 2 rings (SSSR count). The van der Waals surface area contributed by atoms with Gasteiger partial charge < -0.3 is 13.7 Å². The van der Waals surface area contributed by atoms with Gasteiger partial charge in [-0.15, -0.1) is 0 Å². The number of nitrogens with zero attached hydrogens (tertiary/aromatic N) is 2. The minimum Gasteiger partial charge on any atom is -0.413 e. The fourth-order valence-electron chi connectivity index (χ4n) is 4.73. The molecule has 0 spiro atoms. The van der Waals surface area contributed by atoms with Gasteiger partial charge in [-0.2, -0.15) is 0 Å². The summed E-state index contributed by atoms with van der Waals surface area (Å²) in [5.41, 5.74) is 0.750. The summed E-state index contributed by atoms with van der Waals surface area (Å²) in [4.78, 5) is 36.9. The number of Topliss-reactive ketones (excluding diaryl/α,β-unsaturated/α-hetero) is 1. The molecule has 1 aliphatic heterocycles. The van der Waals surface area contributed by atoms with E-state index >= 15 is 0 Å². The van der Waals surface area contributed by atoms with Crippen molar-refractivity contribution in [2.24, 2.45) is 14.1 Å². The molecule has 0 aliphatic carbocycles. The number of carbonyl (C=O) groups excluding carboxylic acids is 1. The smallest absolute Gasteiger partial charge is 0.330 e. The molecule has 0 saturated carbocycles. The maximum Gasteiger partial charge on any atom is 0.330 e. The third-order valence-corrected chi connectivity index (χ3v) is 12.2. The molecule has 1 aliphatic rings. The van der Waals surface area contributed by atoms with Gasteiger partial charge in [0.1, 0.15) is 6.10 Å². The first-order valence-electron chi connectivity index (χ1n) is 10.0. The van der Waals surface area contributed by atoms with Crippen LogP contribution in [0.25, 0.3) is 0 Å². The first-order valence-corrected chi connectivity index (χ1v) is 12.2. The summed E-state index contributed by atoms with van der Waals surface area (Å²) in [6.45, 7) is 13.4. The molecule has 0 radical (unpaired) electrons. The van der Waals surface area contributed by atoms with Gasteiger partial charge in [-0.25, -0.2) is 4.79 Å². The first-order chi connectivity index (χ1) is 12.9. The molecule has 1 aromatic rings. The highest BCUT2D eigenvalue weighted by Crippen LogP contribution is 2.42. The second-order valence-electron chi connectivity index (χ2n) is 8.75. The second-order valence-corrected chi connectivity index (χ2v) is 14.2. The highest BCUT2D eigenvalue weighted by molar-refractivity contribution is 6.77. The van der Waals surface area contributed by atoms with E-state index < -0.39 is 31.8 Å². The number of hydrogen-bond donors (Lipinski definition) is 0. The van der Waals surface area contributed by atoms with Crippen LogP contribution in [0.5, 0.6) is 0 Å². The van der Waals surface area contributed by atoms with E-state index in [1.807, 2.05) is 0 Å². The number of aryl methyl sites for hydroxylation is 1. The number of rotatable bonds is 7. The topological polar surface area (TPSA) is 79.5 Å². The third-order valence-electron chi connectivity index (χ3n) is 6.09. The van der Waals surface area contributed by atoms with Gasteiger partial charge >= 0.3 is 5.69 Å². The molecule has 2 atom stereocenters. The van der Waals surface area contributed by atoms with Crippen molar-refractivity contribution >= 4 is 14.1 Å². The van der Waals surface area contributed by atoms with Crippen molar-refractivity contribution < 1.29 is 14.0 Å².